The van der Waals surface area contributed by atoms with Crippen LogP contribution in [0.25, 0.3) is 6.08 Å². The van der Waals surface area contributed by atoms with Gasteiger partial charge in [-0.15, -0.1) is 0 Å². The van der Waals surface area contributed by atoms with Gasteiger partial charge in [0.2, 0.25) is 0 Å². The normalized spacial score (nSPS) is 31.2. The molecule has 0 saturated heterocycles. The van der Waals surface area contributed by atoms with Crippen LogP contribution in [0.5, 0.6) is 0 Å². The van der Waals surface area contributed by atoms with Crippen molar-refractivity contribution in [3.8, 4) is 6.07 Å². The second kappa shape index (κ2) is 5.49. The van der Waals surface area contributed by atoms with Crippen molar-refractivity contribution in [3.05, 3.63) is 53.1 Å². The van der Waals surface area contributed by atoms with Crippen molar-refractivity contribution in [2.45, 2.75) is 40.0 Å². The third-order valence-corrected chi connectivity index (χ3v) is 5.62. The predicted molar refractivity (Wildman–Crippen MR) is 92.4 cm³/mol. The Hall–Kier alpha value is -2.14. The van der Waals surface area contributed by atoms with Gasteiger partial charge in [0.05, 0.1) is 5.57 Å². The Balaban J connectivity index is 1.98. The lowest BCUT2D eigenvalue weighted by atomic mass is 9.52. The van der Waals surface area contributed by atoms with E-state index in [1.807, 2.05) is 26.0 Å². The highest BCUT2D eigenvalue weighted by molar-refractivity contribution is 6.04. The number of nitriles is 1. The van der Waals surface area contributed by atoms with Crippen LogP contribution in [-0.2, 0) is 4.79 Å². The minimum atomic E-state index is -0.452. The molecule has 2 aliphatic rings. The number of benzene rings is 1. The quantitative estimate of drug-likeness (QED) is 0.737. The molecule has 1 aromatic carbocycles. The highest BCUT2D eigenvalue weighted by Crippen LogP contribution is 2.56. The molecule has 0 unspecified atom stereocenters. The van der Waals surface area contributed by atoms with Crippen molar-refractivity contribution in [1.82, 2.24) is 0 Å². The lowest BCUT2D eigenvalue weighted by Crippen LogP contribution is -2.48. The highest BCUT2D eigenvalue weighted by Gasteiger charge is 2.52. The van der Waals surface area contributed by atoms with Crippen LogP contribution in [0, 0.1) is 28.1 Å². The number of carbonyl (C=O) groups excluding carboxylic acids is 1. The number of hydrogen-bond acceptors (Lipinski definition) is 2. The first kappa shape index (κ1) is 15.7. The van der Waals surface area contributed by atoms with Gasteiger partial charge in [-0.25, -0.2) is 0 Å². The summed E-state index contributed by atoms with van der Waals surface area (Å²) in [5, 5.41) is 9.35. The average molecular weight is 305 g/mol. The Morgan fingerprint density at radius 2 is 1.91 bits per heavy atom. The maximum absolute atomic E-state index is 12.5. The van der Waals surface area contributed by atoms with Crippen LogP contribution in [0.15, 0.2) is 47.6 Å². The summed E-state index contributed by atoms with van der Waals surface area (Å²) >= 11 is 0. The van der Waals surface area contributed by atoms with Crippen LogP contribution < -0.4 is 0 Å². The Morgan fingerprint density at radius 1 is 1.22 bits per heavy atom. The number of nitrogens with zero attached hydrogens (tertiary/aromatic N) is 1. The van der Waals surface area contributed by atoms with Gasteiger partial charge in [-0.05, 0) is 36.2 Å². The largest absolute Gasteiger partial charge is 0.293 e. The standard InChI is InChI=1S/C21H23NO/c1-20(2)18-10-9-16(11-15-7-5-4-6-8-15)12-21(18,3)13-17(14-22)19(20)23/h4-8,11,13,18H,9-10,12H2,1-3H3/b16-11-/t18-,21-/m0/s1. The molecular weight excluding hydrogens is 282 g/mol. The fraction of sp³-hybridized carbons (Fsp3) is 0.429. The molecule has 23 heavy (non-hydrogen) atoms. The predicted octanol–water partition coefficient (Wildman–Crippen LogP) is 4.94. The van der Waals surface area contributed by atoms with Crippen molar-refractivity contribution in [3.63, 3.8) is 0 Å². The van der Waals surface area contributed by atoms with Gasteiger partial charge < -0.3 is 0 Å². The Labute approximate surface area is 138 Å². The molecule has 0 radical (unpaired) electrons. The highest BCUT2D eigenvalue weighted by atomic mass is 16.1. The molecule has 1 saturated carbocycles. The minimum absolute atomic E-state index is 0.0120. The third kappa shape index (κ3) is 2.65. The zero-order valence-corrected chi connectivity index (χ0v) is 14.1. The van der Waals surface area contributed by atoms with E-state index in [4.69, 9.17) is 0 Å². The summed E-state index contributed by atoms with van der Waals surface area (Å²) in [5.41, 5.74) is 2.41. The SMILES string of the molecule is CC1(C)C(=O)C(C#N)=C[C@]2(C)C/C(=C\c3ccccc3)CC[C@@H]12. The van der Waals surface area contributed by atoms with Gasteiger partial charge in [0.25, 0.3) is 0 Å². The van der Waals surface area contributed by atoms with E-state index in [0.717, 1.165) is 19.3 Å². The van der Waals surface area contributed by atoms with Crippen LogP contribution >= 0.6 is 0 Å². The molecule has 2 nitrogen and oxygen atoms in total. The first-order valence-corrected chi connectivity index (χ1v) is 8.29. The molecule has 0 aromatic heterocycles. The second-order valence-electron chi connectivity index (χ2n) is 7.71. The van der Waals surface area contributed by atoms with E-state index in [0.29, 0.717) is 11.5 Å². The summed E-state index contributed by atoms with van der Waals surface area (Å²) in [7, 11) is 0. The molecule has 0 amide bonds. The molecule has 3 rings (SSSR count). The Kier molecular flexibility index (Phi) is 3.76. The number of hydrogen-bond donors (Lipinski definition) is 0. The Morgan fingerprint density at radius 3 is 2.57 bits per heavy atom. The monoisotopic (exact) mass is 305 g/mol. The number of fused-ring (bicyclic) bond motifs is 1. The molecular formula is C21H23NO. The fourth-order valence-electron chi connectivity index (χ4n) is 4.59. The fourth-order valence-corrected chi connectivity index (χ4v) is 4.59. The zero-order valence-electron chi connectivity index (χ0n) is 14.1. The number of ketones is 1. The van der Waals surface area contributed by atoms with E-state index in [2.05, 4.69) is 43.3 Å². The molecule has 2 aliphatic carbocycles. The summed E-state index contributed by atoms with van der Waals surface area (Å²) in [6.45, 7) is 6.23. The number of allylic oxidation sites excluding steroid dienone is 3. The molecule has 1 aromatic rings. The second-order valence-corrected chi connectivity index (χ2v) is 7.71. The van der Waals surface area contributed by atoms with Crippen LogP contribution in [0.2, 0.25) is 0 Å². The minimum Gasteiger partial charge on any atom is -0.293 e. The molecule has 2 heteroatoms. The van der Waals surface area contributed by atoms with Crippen LogP contribution in [0.3, 0.4) is 0 Å². The van der Waals surface area contributed by atoms with E-state index < -0.39 is 5.41 Å². The van der Waals surface area contributed by atoms with Crippen molar-refractivity contribution in [2.75, 3.05) is 0 Å². The molecule has 0 aliphatic heterocycles. The topological polar surface area (TPSA) is 40.9 Å². The third-order valence-electron chi connectivity index (χ3n) is 5.62. The number of rotatable bonds is 1. The molecule has 1 fully saturated rings. The smallest absolute Gasteiger partial charge is 0.178 e. The molecule has 0 heterocycles. The summed E-state index contributed by atoms with van der Waals surface area (Å²) in [6, 6.07) is 12.5. The molecule has 0 spiro atoms. The van der Waals surface area contributed by atoms with E-state index in [9.17, 15) is 10.1 Å². The van der Waals surface area contributed by atoms with Gasteiger partial charge in [0.15, 0.2) is 5.78 Å². The summed E-state index contributed by atoms with van der Waals surface area (Å²) in [5.74, 6) is 0.311. The van der Waals surface area contributed by atoms with Gasteiger partial charge >= 0.3 is 0 Å². The van der Waals surface area contributed by atoms with Crippen molar-refractivity contribution >= 4 is 11.9 Å². The Bertz CT molecular complexity index is 733. The summed E-state index contributed by atoms with van der Waals surface area (Å²) in [6.07, 6.45) is 7.17. The van der Waals surface area contributed by atoms with E-state index in [1.165, 1.54) is 11.1 Å². The van der Waals surface area contributed by atoms with Gasteiger partial charge in [-0.1, -0.05) is 68.8 Å². The van der Waals surface area contributed by atoms with Crippen molar-refractivity contribution < 1.29 is 4.79 Å². The van der Waals surface area contributed by atoms with E-state index in [1.54, 1.807) is 0 Å². The maximum Gasteiger partial charge on any atom is 0.178 e. The lowest BCUT2D eigenvalue weighted by Gasteiger charge is -2.50. The lowest BCUT2D eigenvalue weighted by molar-refractivity contribution is -0.130. The molecule has 2 atom stereocenters. The van der Waals surface area contributed by atoms with Crippen LogP contribution in [-0.4, -0.2) is 5.78 Å². The molecule has 0 N–H and O–H groups in total. The van der Waals surface area contributed by atoms with Crippen molar-refractivity contribution in [1.29, 1.82) is 5.26 Å². The summed E-state index contributed by atoms with van der Waals surface area (Å²) < 4.78 is 0. The average Bonchev–Trinajstić information content (AvgIpc) is 2.52. The van der Waals surface area contributed by atoms with Gasteiger partial charge in [-0.3, -0.25) is 4.79 Å². The van der Waals surface area contributed by atoms with Crippen LogP contribution in [0.1, 0.15) is 45.6 Å². The van der Waals surface area contributed by atoms with E-state index >= 15 is 0 Å². The summed E-state index contributed by atoms with van der Waals surface area (Å²) in [4.78, 5) is 12.5. The number of carbonyl (C=O) groups is 1. The zero-order chi connectivity index (χ0) is 16.7. The number of Topliss-reactive ketones (excluding diaryl/α,β-unsaturated/α-hetero) is 1. The first-order chi connectivity index (χ1) is 10.9. The van der Waals surface area contributed by atoms with Crippen molar-refractivity contribution in [2.24, 2.45) is 16.7 Å². The van der Waals surface area contributed by atoms with Gasteiger partial charge in [-0.2, -0.15) is 5.26 Å². The molecule has 118 valence electrons. The first-order valence-electron chi connectivity index (χ1n) is 8.29. The van der Waals surface area contributed by atoms with Gasteiger partial charge in [0, 0.05) is 5.41 Å². The van der Waals surface area contributed by atoms with Gasteiger partial charge in [0.1, 0.15) is 6.07 Å². The maximum atomic E-state index is 12.5. The van der Waals surface area contributed by atoms with E-state index in [-0.39, 0.29) is 11.2 Å². The van der Waals surface area contributed by atoms with Crippen LogP contribution in [0.4, 0.5) is 0 Å². The molecule has 0 bridgehead atoms.